The zero-order chi connectivity index (χ0) is 28.6. The number of aromatic nitrogens is 3. The highest BCUT2D eigenvalue weighted by atomic mass is 19.4. The Kier molecular flexibility index (Phi) is 7.21. The molecule has 40 heavy (non-hydrogen) atoms. The Balaban J connectivity index is 1.50. The molecule has 3 heterocycles. The average molecular weight is 549 g/mol. The third-order valence-corrected chi connectivity index (χ3v) is 7.27. The molecule has 1 saturated heterocycles. The molecule has 0 N–H and O–H groups in total. The van der Waals surface area contributed by atoms with Crippen LogP contribution < -0.4 is 4.74 Å². The van der Waals surface area contributed by atoms with Crippen molar-refractivity contribution in [3.63, 3.8) is 0 Å². The molecule has 2 atom stereocenters. The molecule has 1 aliphatic rings. The SMILES string of the molecule is COc1ccc(-c2nc3c(C(=O)N4CCN([C@H](C#N)c5ccccc5)C[C@H]4C)cnn3c(C(F)(F)F)c2C)cc1. The van der Waals surface area contributed by atoms with Gasteiger partial charge in [0, 0.05) is 36.8 Å². The highest BCUT2D eigenvalue weighted by Gasteiger charge is 2.39. The van der Waals surface area contributed by atoms with Crippen molar-refractivity contribution < 1.29 is 22.7 Å². The van der Waals surface area contributed by atoms with Crippen LogP contribution in [0, 0.1) is 18.3 Å². The largest absolute Gasteiger partial charge is 0.497 e. The summed E-state index contributed by atoms with van der Waals surface area (Å²) < 4.78 is 48.7. The third kappa shape index (κ3) is 4.86. The molecule has 1 fully saturated rings. The summed E-state index contributed by atoms with van der Waals surface area (Å²) >= 11 is 0. The molecular formula is C29H27F3N6O2. The van der Waals surface area contributed by atoms with E-state index in [9.17, 15) is 23.2 Å². The van der Waals surface area contributed by atoms with Gasteiger partial charge < -0.3 is 9.64 Å². The maximum absolute atomic E-state index is 14.3. The van der Waals surface area contributed by atoms with Gasteiger partial charge in [-0.05, 0) is 43.7 Å². The summed E-state index contributed by atoms with van der Waals surface area (Å²) in [5.74, 6) is 0.0957. The van der Waals surface area contributed by atoms with Crippen LogP contribution in [0.3, 0.4) is 0 Å². The van der Waals surface area contributed by atoms with Gasteiger partial charge in [0.1, 0.15) is 17.4 Å². The molecule has 0 saturated carbocycles. The quantitative estimate of drug-likeness (QED) is 0.343. The standard InChI is InChI=1S/C29H27F3N6O2/c1-18-17-36(24(15-33)20-7-5-4-6-8-20)13-14-37(18)28(39)23-16-34-38-26(29(30,31)32)19(2)25(35-27(23)38)21-9-11-22(40-3)12-10-21/h4-12,16,18,24H,13-14,17H2,1-3H3/t18-,24-/m1/s1. The van der Waals surface area contributed by atoms with Crippen LogP contribution in [0.25, 0.3) is 16.9 Å². The van der Waals surface area contributed by atoms with Gasteiger partial charge in [-0.1, -0.05) is 30.3 Å². The van der Waals surface area contributed by atoms with Crippen molar-refractivity contribution in [1.82, 2.24) is 24.4 Å². The summed E-state index contributed by atoms with van der Waals surface area (Å²) in [7, 11) is 1.50. The molecule has 2 aromatic heterocycles. The lowest BCUT2D eigenvalue weighted by molar-refractivity contribution is -0.143. The van der Waals surface area contributed by atoms with Crippen LogP contribution in [0.2, 0.25) is 0 Å². The van der Waals surface area contributed by atoms with Crippen LogP contribution >= 0.6 is 0 Å². The van der Waals surface area contributed by atoms with Gasteiger partial charge in [-0.2, -0.15) is 23.5 Å². The Hall–Kier alpha value is -4.43. The maximum Gasteiger partial charge on any atom is 0.433 e. The van der Waals surface area contributed by atoms with Crippen molar-refractivity contribution in [1.29, 1.82) is 5.26 Å². The van der Waals surface area contributed by atoms with Crippen molar-refractivity contribution in [2.45, 2.75) is 32.1 Å². The Labute approximate surface area is 229 Å². The summed E-state index contributed by atoms with van der Waals surface area (Å²) in [4.78, 5) is 21.9. The van der Waals surface area contributed by atoms with Crippen molar-refractivity contribution in [3.05, 3.63) is 83.2 Å². The van der Waals surface area contributed by atoms with E-state index in [0.717, 1.165) is 11.8 Å². The van der Waals surface area contributed by atoms with Crippen LogP contribution in [0.4, 0.5) is 13.2 Å². The lowest BCUT2D eigenvalue weighted by atomic mass is 10.0. The molecule has 206 valence electrons. The molecule has 1 aliphatic heterocycles. The number of piperazine rings is 1. The summed E-state index contributed by atoms with van der Waals surface area (Å²) in [6, 6.07) is 17.5. The molecule has 8 nitrogen and oxygen atoms in total. The van der Waals surface area contributed by atoms with E-state index in [1.807, 2.05) is 42.2 Å². The number of hydrogen-bond acceptors (Lipinski definition) is 6. The fourth-order valence-electron chi connectivity index (χ4n) is 5.27. The molecule has 2 aromatic carbocycles. The number of nitriles is 1. The van der Waals surface area contributed by atoms with E-state index in [4.69, 9.17) is 4.74 Å². The average Bonchev–Trinajstić information content (AvgIpc) is 3.36. The van der Waals surface area contributed by atoms with Gasteiger partial charge >= 0.3 is 6.18 Å². The second kappa shape index (κ2) is 10.6. The Morgan fingerprint density at radius 3 is 2.42 bits per heavy atom. The number of amides is 1. The molecule has 1 amide bonds. The first-order valence-electron chi connectivity index (χ1n) is 12.7. The summed E-state index contributed by atoms with van der Waals surface area (Å²) in [6.45, 7) is 4.36. The van der Waals surface area contributed by atoms with Crippen LogP contribution in [-0.2, 0) is 6.18 Å². The molecule has 5 rings (SSSR count). The minimum atomic E-state index is -4.73. The molecule has 0 bridgehead atoms. The maximum atomic E-state index is 14.3. The topological polar surface area (TPSA) is 86.8 Å². The molecular weight excluding hydrogens is 521 g/mol. The van der Waals surface area contributed by atoms with Crippen LogP contribution in [0.5, 0.6) is 5.75 Å². The van der Waals surface area contributed by atoms with Crippen molar-refractivity contribution >= 4 is 11.6 Å². The number of rotatable bonds is 5. The van der Waals surface area contributed by atoms with E-state index in [1.54, 1.807) is 29.2 Å². The first-order chi connectivity index (χ1) is 19.1. The Bertz CT molecular complexity index is 1580. The molecule has 0 unspecified atom stereocenters. The number of carbonyl (C=O) groups is 1. The number of halogens is 3. The van der Waals surface area contributed by atoms with Crippen LogP contribution in [-0.4, -0.2) is 63.1 Å². The third-order valence-electron chi connectivity index (χ3n) is 7.27. The van der Waals surface area contributed by atoms with Gasteiger partial charge in [0.25, 0.3) is 5.91 Å². The van der Waals surface area contributed by atoms with E-state index in [2.05, 4.69) is 16.2 Å². The van der Waals surface area contributed by atoms with Gasteiger partial charge in [-0.3, -0.25) is 9.69 Å². The highest BCUT2D eigenvalue weighted by Crippen LogP contribution is 2.37. The summed E-state index contributed by atoms with van der Waals surface area (Å²) in [6.07, 6.45) is -3.58. The molecule has 4 aromatic rings. The normalized spacial score (nSPS) is 17.0. The number of hydrogen-bond donors (Lipinski definition) is 0. The Morgan fingerprint density at radius 1 is 1.12 bits per heavy atom. The summed E-state index contributed by atoms with van der Waals surface area (Å²) in [5, 5.41) is 13.8. The minimum Gasteiger partial charge on any atom is -0.497 e. The molecule has 0 aliphatic carbocycles. The van der Waals surface area contributed by atoms with E-state index in [-0.39, 0.29) is 28.5 Å². The zero-order valence-electron chi connectivity index (χ0n) is 22.2. The van der Waals surface area contributed by atoms with Gasteiger partial charge in [-0.25, -0.2) is 9.50 Å². The number of carbonyl (C=O) groups excluding carboxylic acids is 1. The van der Waals surface area contributed by atoms with Crippen LogP contribution in [0.15, 0.2) is 60.8 Å². The molecule has 0 radical (unpaired) electrons. The number of nitrogens with zero attached hydrogens (tertiary/aromatic N) is 6. The number of alkyl halides is 3. The first-order valence-corrected chi connectivity index (χ1v) is 12.7. The predicted molar refractivity (Wildman–Crippen MR) is 142 cm³/mol. The van der Waals surface area contributed by atoms with E-state index < -0.39 is 23.8 Å². The van der Waals surface area contributed by atoms with E-state index in [0.29, 0.717) is 35.5 Å². The lowest BCUT2D eigenvalue weighted by Crippen LogP contribution is -2.54. The van der Waals surface area contributed by atoms with E-state index in [1.165, 1.54) is 14.0 Å². The van der Waals surface area contributed by atoms with Crippen molar-refractivity contribution in [3.8, 4) is 23.1 Å². The van der Waals surface area contributed by atoms with Gasteiger partial charge in [-0.15, -0.1) is 0 Å². The smallest absolute Gasteiger partial charge is 0.433 e. The van der Waals surface area contributed by atoms with Crippen molar-refractivity contribution in [2.75, 3.05) is 26.7 Å². The Morgan fingerprint density at radius 2 is 1.82 bits per heavy atom. The second-order valence-electron chi connectivity index (χ2n) is 9.74. The molecule has 11 heteroatoms. The molecule has 0 spiro atoms. The predicted octanol–water partition coefficient (Wildman–Crippen LogP) is 5.14. The highest BCUT2D eigenvalue weighted by molar-refractivity contribution is 6.00. The number of benzene rings is 2. The number of ether oxygens (including phenoxy) is 1. The zero-order valence-corrected chi connectivity index (χ0v) is 22.2. The minimum absolute atomic E-state index is 0.0135. The van der Waals surface area contributed by atoms with Gasteiger partial charge in [0.05, 0.1) is 25.1 Å². The second-order valence-corrected chi connectivity index (χ2v) is 9.74. The number of fused-ring (bicyclic) bond motifs is 1. The summed E-state index contributed by atoms with van der Waals surface area (Å²) in [5.41, 5.74) is 0.163. The van der Waals surface area contributed by atoms with Crippen molar-refractivity contribution in [2.24, 2.45) is 0 Å². The number of methoxy groups -OCH3 is 1. The van der Waals surface area contributed by atoms with Gasteiger partial charge in [0.2, 0.25) is 0 Å². The fourth-order valence-corrected chi connectivity index (χ4v) is 5.27. The van der Waals surface area contributed by atoms with Crippen LogP contribution in [0.1, 0.15) is 40.1 Å². The first kappa shape index (κ1) is 27.1. The monoisotopic (exact) mass is 548 g/mol. The lowest BCUT2D eigenvalue weighted by Gasteiger charge is -2.41. The van der Waals surface area contributed by atoms with Gasteiger partial charge in [0.15, 0.2) is 11.3 Å². The van der Waals surface area contributed by atoms with E-state index >= 15 is 0 Å². The fraction of sp³-hybridized carbons (Fsp3) is 0.310.